The van der Waals surface area contributed by atoms with Gasteiger partial charge in [0, 0.05) is 31.5 Å². The second kappa shape index (κ2) is 6.38. The molecule has 0 aromatic carbocycles. The van der Waals surface area contributed by atoms with Gasteiger partial charge in [-0.1, -0.05) is 5.16 Å². The molecule has 3 N–H and O–H groups in total. The smallest absolute Gasteiger partial charge is 0.170 e. The predicted octanol–water partition coefficient (Wildman–Crippen LogP) is 1.18. The Morgan fingerprint density at radius 1 is 1.68 bits per heavy atom. The number of anilines is 1. The molecule has 1 saturated heterocycles. The molecular formula is C13H20N4O2. The first-order chi connectivity index (χ1) is 9.24. The molecular weight excluding hydrogens is 244 g/mol. The van der Waals surface area contributed by atoms with E-state index in [0.29, 0.717) is 5.56 Å². The molecule has 0 saturated carbocycles. The molecule has 1 aromatic rings. The Bertz CT molecular complexity index is 448. The predicted molar refractivity (Wildman–Crippen MR) is 73.6 cm³/mol. The summed E-state index contributed by atoms with van der Waals surface area (Å²) in [7, 11) is 0. The Balaban J connectivity index is 2.12. The van der Waals surface area contributed by atoms with E-state index in [1.807, 2.05) is 13.0 Å². The van der Waals surface area contributed by atoms with E-state index < -0.39 is 0 Å². The highest BCUT2D eigenvalue weighted by Gasteiger charge is 2.21. The molecule has 1 unspecified atom stereocenters. The van der Waals surface area contributed by atoms with Crippen LogP contribution < -0.4 is 10.6 Å². The first-order valence-electron chi connectivity index (χ1n) is 6.55. The summed E-state index contributed by atoms with van der Waals surface area (Å²) >= 11 is 0. The van der Waals surface area contributed by atoms with E-state index in [0.717, 1.165) is 38.4 Å². The number of oxime groups is 1. The van der Waals surface area contributed by atoms with Crippen LogP contribution >= 0.6 is 0 Å². The summed E-state index contributed by atoms with van der Waals surface area (Å²) in [6.45, 7) is 4.53. The van der Waals surface area contributed by atoms with Crippen LogP contribution in [-0.4, -0.2) is 41.8 Å². The van der Waals surface area contributed by atoms with E-state index in [1.165, 1.54) is 0 Å². The zero-order chi connectivity index (χ0) is 13.7. The van der Waals surface area contributed by atoms with Crippen LogP contribution in [0.2, 0.25) is 0 Å². The summed E-state index contributed by atoms with van der Waals surface area (Å²) in [6.07, 6.45) is 4.10. The fraction of sp³-hybridized carbons (Fsp3) is 0.538. The monoisotopic (exact) mass is 264 g/mol. The fourth-order valence-electron chi connectivity index (χ4n) is 2.33. The lowest BCUT2D eigenvalue weighted by Gasteiger charge is -2.33. The minimum Gasteiger partial charge on any atom is -0.409 e. The molecule has 104 valence electrons. The third-order valence-corrected chi connectivity index (χ3v) is 3.25. The fourth-order valence-corrected chi connectivity index (χ4v) is 2.33. The average Bonchev–Trinajstić information content (AvgIpc) is 2.47. The topological polar surface area (TPSA) is 84.0 Å². The molecule has 2 heterocycles. The van der Waals surface area contributed by atoms with E-state index in [1.54, 1.807) is 12.3 Å². The highest BCUT2D eigenvalue weighted by molar-refractivity contribution is 5.97. The van der Waals surface area contributed by atoms with E-state index in [4.69, 9.17) is 15.7 Å². The number of piperidine rings is 1. The van der Waals surface area contributed by atoms with Gasteiger partial charge >= 0.3 is 0 Å². The van der Waals surface area contributed by atoms with Gasteiger partial charge < -0.3 is 20.6 Å². The van der Waals surface area contributed by atoms with E-state index in [2.05, 4.69) is 15.0 Å². The lowest BCUT2D eigenvalue weighted by molar-refractivity contribution is 0.0525. The first-order valence-corrected chi connectivity index (χ1v) is 6.55. The molecule has 19 heavy (non-hydrogen) atoms. The summed E-state index contributed by atoms with van der Waals surface area (Å²) in [6, 6.07) is 3.56. The lowest BCUT2D eigenvalue weighted by atomic mass is 10.1. The Morgan fingerprint density at radius 2 is 2.53 bits per heavy atom. The number of hydrogen-bond donors (Lipinski definition) is 2. The lowest BCUT2D eigenvalue weighted by Crippen LogP contribution is -2.40. The van der Waals surface area contributed by atoms with Crippen molar-refractivity contribution in [2.75, 3.05) is 24.6 Å². The molecule has 0 aliphatic carbocycles. The molecule has 0 bridgehead atoms. The van der Waals surface area contributed by atoms with Crippen LogP contribution in [0, 0.1) is 0 Å². The average molecular weight is 264 g/mol. The van der Waals surface area contributed by atoms with Crippen LogP contribution in [0.25, 0.3) is 0 Å². The summed E-state index contributed by atoms with van der Waals surface area (Å²) in [5, 5.41) is 11.7. The SMILES string of the molecule is CCOC1CCCN(c2cc(C(N)=NO)ccn2)C1. The largest absolute Gasteiger partial charge is 0.409 e. The van der Waals surface area contributed by atoms with Crippen molar-refractivity contribution in [1.82, 2.24) is 4.98 Å². The number of ether oxygens (including phenoxy) is 1. The van der Waals surface area contributed by atoms with Gasteiger partial charge in [0.05, 0.1) is 6.10 Å². The quantitative estimate of drug-likeness (QED) is 0.369. The van der Waals surface area contributed by atoms with Crippen molar-refractivity contribution in [3.63, 3.8) is 0 Å². The first kappa shape index (κ1) is 13.6. The van der Waals surface area contributed by atoms with Crippen molar-refractivity contribution < 1.29 is 9.94 Å². The van der Waals surface area contributed by atoms with Gasteiger partial charge in [-0.15, -0.1) is 0 Å². The highest BCUT2D eigenvalue weighted by Crippen LogP contribution is 2.20. The molecule has 1 aliphatic heterocycles. The highest BCUT2D eigenvalue weighted by atomic mass is 16.5. The van der Waals surface area contributed by atoms with Crippen molar-refractivity contribution in [1.29, 1.82) is 0 Å². The summed E-state index contributed by atoms with van der Waals surface area (Å²) in [5.41, 5.74) is 6.27. The number of hydrogen-bond acceptors (Lipinski definition) is 5. The van der Waals surface area contributed by atoms with Crippen LogP contribution in [0.15, 0.2) is 23.5 Å². The third kappa shape index (κ3) is 3.35. The number of rotatable bonds is 4. The molecule has 0 radical (unpaired) electrons. The molecule has 1 fully saturated rings. The number of amidine groups is 1. The van der Waals surface area contributed by atoms with Crippen molar-refractivity contribution in [3.05, 3.63) is 23.9 Å². The summed E-state index contributed by atoms with van der Waals surface area (Å²) < 4.78 is 5.68. The minimum atomic E-state index is 0.0991. The normalized spacial score (nSPS) is 20.6. The summed E-state index contributed by atoms with van der Waals surface area (Å²) in [4.78, 5) is 6.53. The van der Waals surface area contributed by atoms with Crippen LogP contribution in [0.4, 0.5) is 5.82 Å². The maximum Gasteiger partial charge on any atom is 0.170 e. The van der Waals surface area contributed by atoms with E-state index in [9.17, 15) is 0 Å². The van der Waals surface area contributed by atoms with Gasteiger partial charge in [0.15, 0.2) is 5.84 Å². The van der Waals surface area contributed by atoms with Crippen molar-refractivity contribution in [2.45, 2.75) is 25.9 Å². The van der Waals surface area contributed by atoms with Crippen molar-refractivity contribution in [2.24, 2.45) is 10.9 Å². The Morgan fingerprint density at radius 3 is 3.26 bits per heavy atom. The second-order valence-corrected chi connectivity index (χ2v) is 4.55. The molecule has 0 amide bonds. The minimum absolute atomic E-state index is 0.0991. The van der Waals surface area contributed by atoms with Crippen LogP contribution in [-0.2, 0) is 4.74 Å². The van der Waals surface area contributed by atoms with Gasteiger partial charge in [-0.2, -0.15) is 0 Å². The molecule has 1 aromatic heterocycles. The van der Waals surface area contributed by atoms with Crippen molar-refractivity contribution in [3.8, 4) is 0 Å². The van der Waals surface area contributed by atoms with Gasteiger partial charge in [0.25, 0.3) is 0 Å². The summed E-state index contributed by atoms with van der Waals surface area (Å²) in [5.74, 6) is 0.940. The molecule has 0 spiro atoms. The molecule has 6 nitrogen and oxygen atoms in total. The Labute approximate surface area is 112 Å². The van der Waals surface area contributed by atoms with Crippen LogP contribution in [0.1, 0.15) is 25.3 Å². The van der Waals surface area contributed by atoms with E-state index in [-0.39, 0.29) is 11.9 Å². The van der Waals surface area contributed by atoms with Gasteiger partial charge in [-0.3, -0.25) is 0 Å². The molecule has 1 aliphatic rings. The maximum absolute atomic E-state index is 8.71. The third-order valence-electron chi connectivity index (χ3n) is 3.25. The zero-order valence-corrected chi connectivity index (χ0v) is 11.1. The Hall–Kier alpha value is -1.82. The van der Waals surface area contributed by atoms with E-state index >= 15 is 0 Å². The number of pyridine rings is 1. The zero-order valence-electron chi connectivity index (χ0n) is 11.1. The molecule has 1 atom stereocenters. The molecule has 6 heteroatoms. The standard InChI is InChI=1S/C13H20N4O2/c1-2-19-11-4-3-7-17(9-11)12-8-10(5-6-15-12)13(14)16-18/h5-6,8,11,18H,2-4,7,9H2,1H3,(H2,14,16). The second-order valence-electron chi connectivity index (χ2n) is 4.55. The van der Waals surface area contributed by atoms with Gasteiger partial charge in [-0.25, -0.2) is 4.98 Å². The van der Waals surface area contributed by atoms with Crippen LogP contribution in [0.5, 0.6) is 0 Å². The van der Waals surface area contributed by atoms with Gasteiger partial charge in [0.2, 0.25) is 0 Å². The van der Waals surface area contributed by atoms with Crippen molar-refractivity contribution >= 4 is 11.7 Å². The van der Waals surface area contributed by atoms with Gasteiger partial charge in [-0.05, 0) is 31.9 Å². The van der Waals surface area contributed by atoms with Crippen LogP contribution in [0.3, 0.4) is 0 Å². The Kier molecular flexibility index (Phi) is 4.57. The molecule has 2 rings (SSSR count). The number of nitrogens with two attached hydrogens (primary N) is 1. The maximum atomic E-state index is 8.71. The number of aromatic nitrogens is 1. The number of nitrogens with zero attached hydrogens (tertiary/aromatic N) is 3. The van der Waals surface area contributed by atoms with Gasteiger partial charge in [0.1, 0.15) is 5.82 Å².